The molecule has 0 saturated heterocycles. The topological polar surface area (TPSA) is 17.1 Å². The molecule has 0 unspecified atom stereocenters. The first-order chi connectivity index (χ1) is 1.73. The summed E-state index contributed by atoms with van der Waals surface area (Å²) in [6, 6.07) is 0. The van der Waals surface area contributed by atoms with Gasteiger partial charge in [-0.05, 0) is 13.8 Å². The van der Waals surface area contributed by atoms with E-state index in [1.807, 2.05) is 0 Å². The van der Waals surface area contributed by atoms with Crippen molar-refractivity contribution in [1.29, 1.82) is 0 Å². The Morgan fingerprint density at radius 3 is 1.40 bits per heavy atom. The Balaban J connectivity index is 0. The zero-order valence-electron chi connectivity index (χ0n) is 3.41. The van der Waals surface area contributed by atoms with E-state index in [0.717, 1.165) is 0 Å². The molecule has 0 N–H and O–H groups in total. The van der Waals surface area contributed by atoms with Crippen LogP contribution in [0, 0.1) is 0 Å². The molecule has 24 valence electrons. The van der Waals surface area contributed by atoms with Crippen molar-refractivity contribution < 1.29 is 31.0 Å². The molecule has 0 fully saturated rings. The first-order valence-electron chi connectivity index (χ1n) is 1.20. The summed E-state index contributed by atoms with van der Waals surface area (Å²) in [6.45, 7) is 3.06. The van der Waals surface area contributed by atoms with Gasteiger partial charge in [-0.25, -0.2) is 0 Å². The summed E-state index contributed by atoms with van der Waals surface area (Å²) in [4.78, 5) is 9.44. The van der Waals surface area contributed by atoms with Crippen LogP contribution in [0.2, 0.25) is 0 Å². The van der Waals surface area contributed by atoms with Crippen LogP contribution < -0.4 is 0 Å². The van der Waals surface area contributed by atoms with Gasteiger partial charge in [0.05, 0.1) is 0 Å². The predicted octanol–water partition coefficient (Wildman–Crippen LogP) is 0.593. The zero-order valence-corrected chi connectivity index (χ0v) is 5.87. The maximum atomic E-state index is 9.44. The van der Waals surface area contributed by atoms with Crippen molar-refractivity contribution in [3.63, 3.8) is 0 Å². The zero-order chi connectivity index (χ0) is 3.58. The Labute approximate surface area is 50.9 Å². The number of ketones is 1. The number of rotatable bonds is 0. The van der Waals surface area contributed by atoms with E-state index in [2.05, 4.69) is 0 Å². The van der Waals surface area contributed by atoms with Gasteiger partial charge in [-0.2, -0.15) is 0 Å². The van der Waals surface area contributed by atoms with Crippen LogP contribution in [-0.2, 0) is 31.0 Å². The molecule has 0 aliphatic carbocycles. The van der Waals surface area contributed by atoms with Gasteiger partial charge in [0.25, 0.3) is 0 Å². The Morgan fingerprint density at radius 1 is 1.40 bits per heavy atom. The summed E-state index contributed by atoms with van der Waals surface area (Å²) in [7, 11) is 0. The molecule has 0 atom stereocenters. The second-order valence-corrected chi connectivity index (χ2v) is 0.908. The van der Waals surface area contributed by atoms with Crippen molar-refractivity contribution in [2.75, 3.05) is 0 Å². The van der Waals surface area contributed by atoms with E-state index in [0.29, 0.717) is 0 Å². The molecular formula is C3H6OZr+4. The molecule has 0 saturated carbocycles. The molecule has 0 aliphatic heterocycles. The third-order valence-electron chi connectivity index (χ3n) is 0. The summed E-state index contributed by atoms with van der Waals surface area (Å²) in [5.41, 5.74) is 0. The van der Waals surface area contributed by atoms with Crippen molar-refractivity contribution in [1.82, 2.24) is 0 Å². The number of hydrogen-bond acceptors (Lipinski definition) is 1. The molecule has 0 aromatic heterocycles. The molecule has 0 heterocycles. The van der Waals surface area contributed by atoms with Gasteiger partial charge in [0.15, 0.2) is 0 Å². The molecule has 0 bridgehead atoms. The smallest absolute Gasteiger partial charge is 0.300 e. The minimum atomic E-state index is 0. The Morgan fingerprint density at radius 2 is 1.40 bits per heavy atom. The first-order valence-corrected chi connectivity index (χ1v) is 1.20. The Hall–Kier alpha value is 0.553. The molecule has 0 aliphatic rings. The van der Waals surface area contributed by atoms with Gasteiger partial charge in [0.1, 0.15) is 5.78 Å². The summed E-state index contributed by atoms with van der Waals surface area (Å²) < 4.78 is 0. The maximum Gasteiger partial charge on any atom is 4.00 e. The number of Topliss-reactive ketones (excluding diaryl/α,β-unsaturated/α-hetero) is 1. The molecule has 0 spiro atoms. The predicted molar refractivity (Wildman–Crippen MR) is 16.4 cm³/mol. The fraction of sp³-hybridized carbons (Fsp3) is 0.667. The van der Waals surface area contributed by atoms with Gasteiger partial charge >= 0.3 is 26.2 Å². The molecule has 2 heteroatoms. The fourth-order valence-electron chi connectivity index (χ4n) is 0. The molecule has 5 heavy (non-hydrogen) atoms. The van der Waals surface area contributed by atoms with Crippen LogP contribution >= 0.6 is 0 Å². The van der Waals surface area contributed by atoms with Crippen LogP contribution in [0.3, 0.4) is 0 Å². The van der Waals surface area contributed by atoms with Gasteiger partial charge in [-0.1, -0.05) is 0 Å². The summed E-state index contributed by atoms with van der Waals surface area (Å²) in [6.07, 6.45) is 0. The summed E-state index contributed by atoms with van der Waals surface area (Å²) in [5.74, 6) is 0.167. The third kappa shape index (κ3) is 97.0. The SMILES string of the molecule is CC(C)=O.[Zr+4]. The van der Waals surface area contributed by atoms with Crippen LogP contribution in [-0.4, -0.2) is 5.78 Å². The number of carbonyl (C=O) groups excluding carboxylic acids is 1. The van der Waals surface area contributed by atoms with Gasteiger partial charge in [0, 0.05) is 0 Å². The van der Waals surface area contributed by atoms with Gasteiger partial charge in [0.2, 0.25) is 0 Å². The van der Waals surface area contributed by atoms with Gasteiger partial charge in [-0.3, -0.25) is 0 Å². The van der Waals surface area contributed by atoms with Crippen LogP contribution in [0.4, 0.5) is 0 Å². The largest absolute Gasteiger partial charge is 4.00 e. The Bertz CT molecular complexity index is 29.9. The standard InChI is InChI=1S/C3H6O.Zr/c1-3(2)4;/h1-2H3;/q;+4. The van der Waals surface area contributed by atoms with Crippen LogP contribution in [0.1, 0.15) is 13.8 Å². The monoisotopic (exact) mass is 148 g/mol. The molecular weight excluding hydrogens is 143 g/mol. The van der Waals surface area contributed by atoms with Crippen LogP contribution in [0.25, 0.3) is 0 Å². The van der Waals surface area contributed by atoms with E-state index < -0.39 is 0 Å². The van der Waals surface area contributed by atoms with E-state index >= 15 is 0 Å². The summed E-state index contributed by atoms with van der Waals surface area (Å²) >= 11 is 0. The van der Waals surface area contributed by atoms with Crippen LogP contribution in [0.5, 0.6) is 0 Å². The van der Waals surface area contributed by atoms with Crippen molar-refractivity contribution >= 4 is 5.78 Å². The summed E-state index contributed by atoms with van der Waals surface area (Å²) in [5, 5.41) is 0. The number of hydrogen-bond donors (Lipinski definition) is 0. The van der Waals surface area contributed by atoms with E-state index in [1.165, 1.54) is 13.8 Å². The average molecular weight is 149 g/mol. The van der Waals surface area contributed by atoms with Crippen molar-refractivity contribution in [2.24, 2.45) is 0 Å². The second kappa shape index (κ2) is 4.55. The number of carbonyl (C=O) groups is 1. The minimum absolute atomic E-state index is 0. The van der Waals surface area contributed by atoms with Gasteiger partial charge in [-0.15, -0.1) is 0 Å². The quantitative estimate of drug-likeness (QED) is 0.493. The maximum absolute atomic E-state index is 9.44. The normalized spacial score (nSPS) is 5.20. The second-order valence-electron chi connectivity index (χ2n) is 0.908. The van der Waals surface area contributed by atoms with Crippen LogP contribution in [0.15, 0.2) is 0 Å². The molecule has 0 aromatic carbocycles. The average Bonchev–Trinajstić information content (AvgIpc) is 0.811. The Kier molecular flexibility index (Phi) is 8.30. The molecule has 0 amide bonds. The molecule has 0 aromatic rings. The van der Waals surface area contributed by atoms with Gasteiger partial charge < -0.3 is 4.79 Å². The minimum Gasteiger partial charge on any atom is -0.300 e. The van der Waals surface area contributed by atoms with E-state index in [1.54, 1.807) is 0 Å². The fourth-order valence-corrected chi connectivity index (χ4v) is 0. The van der Waals surface area contributed by atoms with Crippen molar-refractivity contribution in [2.45, 2.75) is 13.8 Å². The van der Waals surface area contributed by atoms with E-state index in [9.17, 15) is 4.79 Å². The molecule has 0 rings (SSSR count). The van der Waals surface area contributed by atoms with E-state index in [4.69, 9.17) is 0 Å². The van der Waals surface area contributed by atoms with Crippen molar-refractivity contribution in [3.8, 4) is 0 Å². The first kappa shape index (κ1) is 9.12. The van der Waals surface area contributed by atoms with Crippen molar-refractivity contribution in [3.05, 3.63) is 0 Å². The molecule has 0 radical (unpaired) electrons. The third-order valence-corrected chi connectivity index (χ3v) is 0. The van der Waals surface area contributed by atoms with E-state index in [-0.39, 0.29) is 32.0 Å². The molecule has 1 nitrogen and oxygen atoms in total.